The van der Waals surface area contributed by atoms with Crippen LogP contribution in [0.5, 0.6) is 0 Å². The van der Waals surface area contributed by atoms with E-state index >= 15 is 0 Å². The molecule has 0 unspecified atom stereocenters. The molecule has 1 amide bonds. The van der Waals surface area contributed by atoms with Crippen LogP contribution in [0.15, 0.2) is 0 Å². The van der Waals surface area contributed by atoms with Gasteiger partial charge in [-0.25, -0.2) is 0 Å². The van der Waals surface area contributed by atoms with Crippen LogP contribution >= 0.6 is 0 Å². The van der Waals surface area contributed by atoms with Gasteiger partial charge in [0.15, 0.2) is 5.82 Å². The summed E-state index contributed by atoms with van der Waals surface area (Å²) < 4.78 is 0. The second kappa shape index (κ2) is 9.39. The van der Waals surface area contributed by atoms with Crippen LogP contribution in [-0.4, -0.2) is 21.3 Å². The molecule has 5 nitrogen and oxygen atoms in total. The van der Waals surface area contributed by atoms with Crippen LogP contribution in [0.4, 0.5) is 5.82 Å². The quantitative estimate of drug-likeness (QED) is 0.704. The Morgan fingerprint density at radius 3 is 2.50 bits per heavy atom. The summed E-state index contributed by atoms with van der Waals surface area (Å²) in [5.41, 5.74) is 2.01. The minimum Gasteiger partial charge on any atom is -0.309 e. The maximum absolute atomic E-state index is 11.7. The standard InChI is InChI=1S/C15H26N4O/c1-4-7-8-9-11-12-13(6-3)17-19-18-15(12)16-14(20)10-5-2/h4-11H2,1-3H3,(H,16,17,18,20). The molecule has 20 heavy (non-hydrogen) atoms. The molecular weight excluding hydrogens is 252 g/mol. The van der Waals surface area contributed by atoms with E-state index in [9.17, 15) is 4.79 Å². The fraction of sp³-hybridized carbons (Fsp3) is 0.733. The number of rotatable bonds is 9. The molecular formula is C15H26N4O. The van der Waals surface area contributed by atoms with Gasteiger partial charge in [-0.1, -0.05) is 40.0 Å². The van der Waals surface area contributed by atoms with Crippen molar-refractivity contribution in [2.24, 2.45) is 0 Å². The predicted octanol–water partition coefficient (Wildman–Crippen LogP) is 3.30. The Morgan fingerprint density at radius 1 is 1.05 bits per heavy atom. The summed E-state index contributed by atoms with van der Waals surface area (Å²) in [4.78, 5) is 11.7. The smallest absolute Gasteiger partial charge is 0.225 e. The van der Waals surface area contributed by atoms with Gasteiger partial charge in [-0.15, -0.1) is 10.2 Å². The normalized spacial score (nSPS) is 10.6. The number of amides is 1. The van der Waals surface area contributed by atoms with Crippen molar-refractivity contribution in [2.45, 2.75) is 72.1 Å². The third kappa shape index (κ3) is 5.23. The average molecular weight is 278 g/mol. The molecule has 0 aliphatic rings. The fourth-order valence-corrected chi connectivity index (χ4v) is 2.18. The summed E-state index contributed by atoms with van der Waals surface area (Å²) in [6.45, 7) is 6.24. The largest absolute Gasteiger partial charge is 0.309 e. The van der Waals surface area contributed by atoms with Crippen molar-refractivity contribution in [1.29, 1.82) is 0 Å². The zero-order valence-electron chi connectivity index (χ0n) is 12.9. The number of carbonyl (C=O) groups is 1. The Hall–Kier alpha value is -1.52. The van der Waals surface area contributed by atoms with E-state index in [2.05, 4.69) is 34.6 Å². The van der Waals surface area contributed by atoms with E-state index in [-0.39, 0.29) is 5.91 Å². The van der Waals surface area contributed by atoms with Crippen molar-refractivity contribution in [3.05, 3.63) is 11.3 Å². The third-order valence-corrected chi connectivity index (χ3v) is 3.29. The monoisotopic (exact) mass is 278 g/mol. The molecule has 112 valence electrons. The molecule has 1 heterocycles. The minimum atomic E-state index is 0.00450. The molecule has 0 bridgehead atoms. The first-order valence-electron chi connectivity index (χ1n) is 7.73. The van der Waals surface area contributed by atoms with Crippen molar-refractivity contribution >= 4 is 11.7 Å². The molecule has 0 fully saturated rings. The number of aryl methyl sites for hydroxylation is 1. The van der Waals surface area contributed by atoms with Gasteiger partial charge in [0.25, 0.3) is 0 Å². The first kappa shape index (κ1) is 16.5. The summed E-state index contributed by atoms with van der Waals surface area (Å²) >= 11 is 0. The summed E-state index contributed by atoms with van der Waals surface area (Å²) in [6.07, 6.45) is 7.83. The number of nitrogens with zero attached hydrogens (tertiary/aromatic N) is 3. The topological polar surface area (TPSA) is 67.8 Å². The van der Waals surface area contributed by atoms with Gasteiger partial charge in [-0.05, 0) is 30.9 Å². The van der Waals surface area contributed by atoms with Crippen LogP contribution in [0.25, 0.3) is 0 Å². The van der Waals surface area contributed by atoms with Crippen LogP contribution in [0.3, 0.4) is 0 Å². The second-order valence-electron chi connectivity index (χ2n) is 5.03. The van der Waals surface area contributed by atoms with Crippen LogP contribution in [-0.2, 0) is 17.6 Å². The Morgan fingerprint density at radius 2 is 1.85 bits per heavy atom. The molecule has 0 spiro atoms. The van der Waals surface area contributed by atoms with Gasteiger partial charge in [-0.2, -0.15) is 0 Å². The molecule has 1 aromatic rings. The molecule has 5 heteroatoms. The number of hydrogen-bond acceptors (Lipinski definition) is 4. The number of hydrogen-bond donors (Lipinski definition) is 1. The molecule has 1 N–H and O–H groups in total. The zero-order chi connectivity index (χ0) is 14.8. The first-order chi connectivity index (χ1) is 9.72. The summed E-state index contributed by atoms with van der Waals surface area (Å²) in [5, 5.41) is 14.7. The van der Waals surface area contributed by atoms with Gasteiger partial charge < -0.3 is 5.32 Å². The number of unbranched alkanes of at least 4 members (excludes halogenated alkanes) is 3. The van der Waals surface area contributed by atoms with E-state index in [4.69, 9.17) is 0 Å². The number of carbonyl (C=O) groups excluding carboxylic acids is 1. The van der Waals surface area contributed by atoms with Crippen molar-refractivity contribution in [1.82, 2.24) is 15.4 Å². The van der Waals surface area contributed by atoms with Gasteiger partial charge in [0.1, 0.15) is 0 Å². The Labute approximate surface area is 121 Å². The SMILES string of the molecule is CCCCCCc1c(CC)nnnc1NC(=O)CCC. The third-order valence-electron chi connectivity index (χ3n) is 3.29. The van der Waals surface area contributed by atoms with E-state index in [1.54, 1.807) is 0 Å². The number of nitrogens with one attached hydrogen (secondary N) is 1. The highest BCUT2D eigenvalue weighted by Gasteiger charge is 2.13. The predicted molar refractivity (Wildman–Crippen MR) is 80.6 cm³/mol. The molecule has 1 aromatic heterocycles. The Balaban J connectivity index is 2.78. The Kier molecular flexibility index (Phi) is 7.77. The fourth-order valence-electron chi connectivity index (χ4n) is 2.18. The van der Waals surface area contributed by atoms with E-state index in [0.717, 1.165) is 36.9 Å². The van der Waals surface area contributed by atoms with Crippen LogP contribution in [0.1, 0.15) is 70.6 Å². The molecule has 0 aliphatic heterocycles. The van der Waals surface area contributed by atoms with Crippen molar-refractivity contribution < 1.29 is 4.79 Å². The maximum atomic E-state index is 11.7. The number of anilines is 1. The lowest BCUT2D eigenvalue weighted by atomic mass is 10.0. The van der Waals surface area contributed by atoms with Gasteiger partial charge in [0.05, 0.1) is 5.69 Å². The molecule has 0 saturated carbocycles. The molecule has 0 aliphatic carbocycles. The molecule has 0 aromatic carbocycles. The van der Waals surface area contributed by atoms with Gasteiger partial charge in [0.2, 0.25) is 5.91 Å². The first-order valence-corrected chi connectivity index (χ1v) is 7.73. The number of aromatic nitrogens is 3. The van der Waals surface area contributed by atoms with E-state index < -0.39 is 0 Å². The maximum Gasteiger partial charge on any atom is 0.225 e. The minimum absolute atomic E-state index is 0.00450. The highest BCUT2D eigenvalue weighted by molar-refractivity contribution is 5.90. The van der Waals surface area contributed by atoms with Crippen LogP contribution in [0, 0.1) is 0 Å². The lowest BCUT2D eigenvalue weighted by Gasteiger charge is -2.11. The lowest BCUT2D eigenvalue weighted by molar-refractivity contribution is -0.116. The van der Waals surface area contributed by atoms with Gasteiger partial charge in [0, 0.05) is 12.0 Å². The molecule has 0 radical (unpaired) electrons. The highest BCUT2D eigenvalue weighted by Crippen LogP contribution is 2.19. The van der Waals surface area contributed by atoms with Crippen molar-refractivity contribution in [3.8, 4) is 0 Å². The molecule has 1 rings (SSSR count). The zero-order valence-corrected chi connectivity index (χ0v) is 12.9. The van der Waals surface area contributed by atoms with Gasteiger partial charge in [-0.3, -0.25) is 4.79 Å². The van der Waals surface area contributed by atoms with E-state index in [1.165, 1.54) is 19.3 Å². The van der Waals surface area contributed by atoms with Crippen LogP contribution in [0.2, 0.25) is 0 Å². The highest BCUT2D eigenvalue weighted by atomic mass is 16.1. The van der Waals surface area contributed by atoms with E-state index in [0.29, 0.717) is 12.2 Å². The van der Waals surface area contributed by atoms with Gasteiger partial charge >= 0.3 is 0 Å². The van der Waals surface area contributed by atoms with E-state index in [1.807, 2.05) is 6.92 Å². The average Bonchev–Trinajstić information content (AvgIpc) is 2.44. The molecule has 0 atom stereocenters. The van der Waals surface area contributed by atoms with Crippen molar-refractivity contribution in [2.75, 3.05) is 5.32 Å². The summed E-state index contributed by atoms with van der Waals surface area (Å²) in [7, 11) is 0. The summed E-state index contributed by atoms with van der Waals surface area (Å²) in [6, 6.07) is 0. The lowest BCUT2D eigenvalue weighted by Crippen LogP contribution is -2.16. The Bertz CT molecular complexity index is 420. The second-order valence-corrected chi connectivity index (χ2v) is 5.03. The van der Waals surface area contributed by atoms with Crippen LogP contribution < -0.4 is 5.32 Å². The van der Waals surface area contributed by atoms with Crippen molar-refractivity contribution in [3.63, 3.8) is 0 Å². The summed E-state index contributed by atoms with van der Waals surface area (Å²) in [5.74, 6) is 0.608. The molecule has 0 saturated heterocycles.